The zero-order chi connectivity index (χ0) is 31.0. The van der Waals surface area contributed by atoms with Gasteiger partial charge in [-0.3, -0.25) is 4.79 Å². The topological polar surface area (TPSA) is 116 Å². The van der Waals surface area contributed by atoms with E-state index in [1.165, 1.54) is 0 Å². The molecule has 0 spiro atoms. The first-order chi connectivity index (χ1) is 20.7. The fourth-order valence-corrected chi connectivity index (χ4v) is 6.65. The van der Waals surface area contributed by atoms with Crippen LogP contribution in [-0.2, 0) is 16.8 Å². The summed E-state index contributed by atoms with van der Waals surface area (Å²) in [7, 11) is 0. The number of carboxylic acid groups (broad SMARTS) is 1. The van der Waals surface area contributed by atoms with E-state index < -0.39 is 11.7 Å². The number of piperidine rings is 1. The van der Waals surface area contributed by atoms with Gasteiger partial charge in [-0.05, 0) is 79.1 Å². The second-order valence-corrected chi connectivity index (χ2v) is 12.2. The van der Waals surface area contributed by atoms with Gasteiger partial charge in [0, 0.05) is 53.5 Å². The molecule has 43 heavy (non-hydrogen) atoms. The number of amides is 2. The monoisotopic (exact) mass is 625 g/mol. The number of rotatable bonds is 12. The number of nitrogens with two attached hydrogens (primary N) is 1. The minimum absolute atomic E-state index is 0.00745. The summed E-state index contributed by atoms with van der Waals surface area (Å²) in [6.45, 7) is 3.60. The van der Waals surface area contributed by atoms with Crippen LogP contribution in [0.3, 0.4) is 0 Å². The summed E-state index contributed by atoms with van der Waals surface area (Å²) in [5.41, 5.74) is 9.23. The average Bonchev–Trinajstić information content (AvgIpc) is 3.02. The first-order valence-corrected chi connectivity index (χ1v) is 15.7. The number of nitrogens with one attached hydrogen (secondary N) is 1. The minimum atomic E-state index is -1.36. The average molecular weight is 627 g/mol. The van der Waals surface area contributed by atoms with Crippen LogP contribution in [0, 0.1) is 5.92 Å². The molecule has 1 fully saturated rings. The Bertz CT molecular complexity index is 1400. The summed E-state index contributed by atoms with van der Waals surface area (Å²) in [6.07, 6.45) is 2.19. The summed E-state index contributed by atoms with van der Waals surface area (Å²) >= 11 is 12.9. The molecule has 1 heterocycles. The third kappa shape index (κ3) is 8.09. The third-order valence-corrected chi connectivity index (χ3v) is 9.18. The molecule has 1 unspecified atom stereocenters. The van der Waals surface area contributed by atoms with Gasteiger partial charge in [-0.25, -0.2) is 4.79 Å². The number of hydrogen-bond acceptors (Lipinski definition) is 4. The molecule has 0 saturated carbocycles. The normalized spacial score (nSPS) is 17.2. The largest absolute Gasteiger partial charge is 0.465 e. The van der Waals surface area contributed by atoms with E-state index in [4.69, 9.17) is 34.0 Å². The van der Waals surface area contributed by atoms with E-state index in [2.05, 4.69) is 24.4 Å². The Morgan fingerprint density at radius 1 is 1.12 bits per heavy atom. The highest BCUT2D eigenvalue weighted by Gasteiger charge is 2.43. The smallest absolute Gasteiger partial charge is 0.404 e. The number of aryl methyl sites for hydroxylation is 1. The van der Waals surface area contributed by atoms with Crippen LogP contribution in [-0.4, -0.2) is 53.3 Å². The molecule has 3 aromatic carbocycles. The highest BCUT2D eigenvalue weighted by atomic mass is 35.5. The summed E-state index contributed by atoms with van der Waals surface area (Å²) in [5.74, 6) is -0.433. The van der Waals surface area contributed by atoms with Crippen molar-refractivity contribution in [2.45, 2.75) is 57.0 Å². The second-order valence-electron chi connectivity index (χ2n) is 11.3. The number of benzene rings is 3. The number of halogens is 2. The Labute approximate surface area is 264 Å². The summed E-state index contributed by atoms with van der Waals surface area (Å²) in [6, 6.07) is 21.2. The number of aliphatic hydroxyl groups is 1. The SMILES string of the molecule is CCc1cccc(-c2c(Cl)cccc2[C@](O)(CCCNC(=O)O)[C@@H]2CCCN(C(=O)CC(CN)c3ccc(Cl)cc3)C2)c1. The van der Waals surface area contributed by atoms with Crippen molar-refractivity contribution < 1.29 is 19.8 Å². The van der Waals surface area contributed by atoms with Gasteiger partial charge in [0.1, 0.15) is 0 Å². The first kappa shape index (κ1) is 32.8. The van der Waals surface area contributed by atoms with E-state index in [1.54, 1.807) is 12.1 Å². The maximum Gasteiger partial charge on any atom is 0.404 e. The molecule has 0 radical (unpaired) electrons. The van der Waals surface area contributed by atoms with Gasteiger partial charge in [0.2, 0.25) is 5.91 Å². The zero-order valence-corrected chi connectivity index (χ0v) is 26.1. The number of likely N-dealkylation sites (tertiary alicyclic amines) is 1. The fourth-order valence-electron chi connectivity index (χ4n) is 6.24. The van der Waals surface area contributed by atoms with Gasteiger partial charge in [0.25, 0.3) is 0 Å². The van der Waals surface area contributed by atoms with Crippen molar-refractivity contribution >= 4 is 35.2 Å². The van der Waals surface area contributed by atoms with Crippen molar-refractivity contribution in [1.29, 1.82) is 0 Å². The zero-order valence-electron chi connectivity index (χ0n) is 24.6. The number of carbonyl (C=O) groups excluding carboxylic acids is 1. The van der Waals surface area contributed by atoms with Crippen molar-refractivity contribution in [3.8, 4) is 11.1 Å². The summed E-state index contributed by atoms with van der Waals surface area (Å²) in [4.78, 5) is 26.6. The molecule has 2 amide bonds. The van der Waals surface area contributed by atoms with Crippen LogP contribution in [0.25, 0.3) is 11.1 Å². The molecule has 4 rings (SSSR count). The molecule has 1 saturated heterocycles. The molecule has 3 aromatic rings. The standard InChI is InChI=1S/C34H41Cl2N3O4/c1-2-23-7-3-8-25(19-23)32-29(10-4-11-30(32)36)34(43,16-6-17-38-33(41)42)27-9-5-18-39(22-27)31(40)20-26(21-37)24-12-14-28(35)15-13-24/h3-4,7-8,10-15,19,26-27,38,43H,2,5-6,9,16-18,20-22,37H2,1H3,(H,41,42)/t26?,27-,34+/m1/s1. The van der Waals surface area contributed by atoms with E-state index >= 15 is 0 Å². The van der Waals surface area contributed by atoms with E-state index in [0.29, 0.717) is 54.5 Å². The van der Waals surface area contributed by atoms with Crippen LogP contribution < -0.4 is 11.1 Å². The highest BCUT2D eigenvalue weighted by Crippen LogP contribution is 2.46. The summed E-state index contributed by atoms with van der Waals surface area (Å²) in [5, 5.41) is 25.4. The molecule has 1 aliphatic rings. The van der Waals surface area contributed by atoms with Crippen LogP contribution in [0.15, 0.2) is 66.7 Å². The van der Waals surface area contributed by atoms with E-state index in [-0.39, 0.29) is 30.7 Å². The summed E-state index contributed by atoms with van der Waals surface area (Å²) < 4.78 is 0. The quantitative estimate of drug-likeness (QED) is 0.165. The lowest BCUT2D eigenvalue weighted by atomic mass is 9.72. The Hall–Kier alpha value is -3.10. The minimum Gasteiger partial charge on any atom is -0.465 e. The molecule has 5 N–H and O–H groups in total. The van der Waals surface area contributed by atoms with Gasteiger partial charge in [-0.15, -0.1) is 0 Å². The van der Waals surface area contributed by atoms with Crippen molar-refractivity contribution in [1.82, 2.24) is 10.2 Å². The van der Waals surface area contributed by atoms with Crippen LogP contribution in [0.5, 0.6) is 0 Å². The number of nitrogens with zero attached hydrogens (tertiary/aromatic N) is 1. The molecule has 3 atom stereocenters. The van der Waals surface area contributed by atoms with E-state index in [9.17, 15) is 14.7 Å². The molecule has 230 valence electrons. The van der Waals surface area contributed by atoms with Gasteiger partial charge in [-0.1, -0.05) is 78.7 Å². The molecule has 1 aliphatic heterocycles. The van der Waals surface area contributed by atoms with Crippen LogP contribution >= 0.6 is 23.2 Å². The molecule has 0 aromatic heterocycles. The van der Waals surface area contributed by atoms with Crippen molar-refractivity contribution in [2.75, 3.05) is 26.2 Å². The van der Waals surface area contributed by atoms with Gasteiger partial charge in [0.05, 0.1) is 5.60 Å². The van der Waals surface area contributed by atoms with Gasteiger partial charge < -0.3 is 26.2 Å². The predicted octanol–water partition coefficient (Wildman–Crippen LogP) is 6.83. The maximum atomic E-state index is 13.6. The number of carbonyl (C=O) groups is 2. The lowest BCUT2D eigenvalue weighted by molar-refractivity contribution is -0.137. The Morgan fingerprint density at radius 3 is 2.56 bits per heavy atom. The highest BCUT2D eigenvalue weighted by molar-refractivity contribution is 6.33. The maximum absolute atomic E-state index is 13.6. The molecule has 0 bridgehead atoms. The van der Waals surface area contributed by atoms with Crippen LogP contribution in [0.1, 0.15) is 61.6 Å². The van der Waals surface area contributed by atoms with Gasteiger partial charge >= 0.3 is 6.09 Å². The molecular formula is C34H41Cl2N3O4. The Kier molecular flexibility index (Phi) is 11.5. The van der Waals surface area contributed by atoms with E-state index in [0.717, 1.165) is 35.1 Å². The fraction of sp³-hybridized carbons (Fsp3) is 0.412. The number of hydrogen-bond donors (Lipinski definition) is 4. The third-order valence-electron chi connectivity index (χ3n) is 8.61. The molecular weight excluding hydrogens is 585 g/mol. The second kappa shape index (κ2) is 15.1. The Balaban J connectivity index is 1.65. The van der Waals surface area contributed by atoms with Crippen LogP contribution in [0.4, 0.5) is 4.79 Å². The van der Waals surface area contributed by atoms with E-state index in [1.807, 2.05) is 47.4 Å². The molecule has 7 nitrogen and oxygen atoms in total. The van der Waals surface area contributed by atoms with Crippen molar-refractivity contribution in [2.24, 2.45) is 11.7 Å². The van der Waals surface area contributed by atoms with Crippen LogP contribution in [0.2, 0.25) is 10.0 Å². The lowest BCUT2D eigenvalue weighted by Gasteiger charge is -2.44. The van der Waals surface area contributed by atoms with Gasteiger partial charge in [0.15, 0.2) is 0 Å². The van der Waals surface area contributed by atoms with Crippen molar-refractivity contribution in [3.05, 3.63) is 93.5 Å². The first-order valence-electron chi connectivity index (χ1n) is 15.0. The lowest BCUT2D eigenvalue weighted by Crippen LogP contribution is -2.49. The van der Waals surface area contributed by atoms with Crippen molar-refractivity contribution in [3.63, 3.8) is 0 Å². The molecule has 0 aliphatic carbocycles. The predicted molar refractivity (Wildman–Crippen MR) is 173 cm³/mol. The molecule has 9 heteroatoms. The Morgan fingerprint density at radius 2 is 1.86 bits per heavy atom. The van der Waals surface area contributed by atoms with Gasteiger partial charge in [-0.2, -0.15) is 0 Å².